The van der Waals surface area contributed by atoms with E-state index in [-0.39, 0.29) is 0 Å². The van der Waals surface area contributed by atoms with Gasteiger partial charge in [0.2, 0.25) is 0 Å². The van der Waals surface area contributed by atoms with E-state index in [0.717, 1.165) is 23.9 Å². The zero-order chi connectivity index (χ0) is 13.8. The van der Waals surface area contributed by atoms with E-state index in [1.165, 1.54) is 16.7 Å². The number of rotatable bonds is 4. The molecule has 3 heteroatoms. The molecule has 0 fully saturated rings. The monoisotopic (exact) mass is 256 g/mol. The number of aromatic nitrogens is 1. The molecule has 19 heavy (non-hydrogen) atoms. The van der Waals surface area contributed by atoms with Crippen molar-refractivity contribution in [3.63, 3.8) is 0 Å². The number of ether oxygens (including phenoxy) is 1. The molecule has 0 saturated heterocycles. The van der Waals surface area contributed by atoms with E-state index in [4.69, 9.17) is 4.74 Å². The summed E-state index contributed by atoms with van der Waals surface area (Å²) < 4.78 is 5.98. The number of pyridine rings is 1. The summed E-state index contributed by atoms with van der Waals surface area (Å²) in [5.74, 6) is 2.55. The number of hydrogen-bond donors (Lipinski definition) is 1. The van der Waals surface area contributed by atoms with Gasteiger partial charge in [0.05, 0.1) is 0 Å². The van der Waals surface area contributed by atoms with Gasteiger partial charge in [-0.25, -0.2) is 4.98 Å². The summed E-state index contributed by atoms with van der Waals surface area (Å²) in [6.45, 7) is 9.15. The van der Waals surface area contributed by atoms with Gasteiger partial charge in [-0.1, -0.05) is 6.07 Å². The van der Waals surface area contributed by atoms with Gasteiger partial charge in [0.15, 0.2) is 0 Å². The third kappa shape index (κ3) is 3.25. The van der Waals surface area contributed by atoms with Crippen LogP contribution in [-0.4, -0.2) is 11.5 Å². The van der Waals surface area contributed by atoms with E-state index in [2.05, 4.69) is 43.2 Å². The highest BCUT2D eigenvalue weighted by Crippen LogP contribution is 2.29. The van der Waals surface area contributed by atoms with E-state index in [9.17, 15) is 0 Å². The maximum atomic E-state index is 5.98. The molecular formula is C16H20N2O. The first-order valence-electron chi connectivity index (χ1n) is 6.55. The van der Waals surface area contributed by atoms with Gasteiger partial charge >= 0.3 is 0 Å². The van der Waals surface area contributed by atoms with E-state index >= 15 is 0 Å². The first kappa shape index (κ1) is 13.4. The van der Waals surface area contributed by atoms with E-state index in [1.54, 1.807) is 6.20 Å². The molecule has 1 aromatic carbocycles. The summed E-state index contributed by atoms with van der Waals surface area (Å²) in [4.78, 5) is 4.24. The molecule has 0 atom stereocenters. The van der Waals surface area contributed by atoms with Crippen molar-refractivity contribution in [2.45, 2.75) is 27.7 Å². The van der Waals surface area contributed by atoms with Crippen molar-refractivity contribution in [2.75, 3.05) is 11.9 Å². The van der Waals surface area contributed by atoms with Gasteiger partial charge in [0.25, 0.3) is 0 Å². The van der Waals surface area contributed by atoms with Crippen molar-refractivity contribution < 1.29 is 4.74 Å². The van der Waals surface area contributed by atoms with Crippen LogP contribution in [-0.2, 0) is 0 Å². The van der Waals surface area contributed by atoms with Crippen molar-refractivity contribution in [1.82, 2.24) is 4.98 Å². The van der Waals surface area contributed by atoms with E-state index < -0.39 is 0 Å². The molecule has 0 saturated carbocycles. The smallest absolute Gasteiger partial charge is 0.132 e. The van der Waals surface area contributed by atoms with Crippen LogP contribution in [0.2, 0.25) is 0 Å². The van der Waals surface area contributed by atoms with Crippen LogP contribution < -0.4 is 10.1 Å². The predicted molar refractivity (Wildman–Crippen MR) is 79.1 cm³/mol. The molecule has 0 aliphatic heterocycles. The largest absolute Gasteiger partial charge is 0.457 e. The molecule has 0 aliphatic rings. The molecule has 0 radical (unpaired) electrons. The number of anilines is 1. The highest BCUT2D eigenvalue weighted by Gasteiger charge is 2.06. The maximum Gasteiger partial charge on any atom is 0.132 e. The van der Waals surface area contributed by atoms with Gasteiger partial charge in [-0.3, -0.25) is 0 Å². The highest BCUT2D eigenvalue weighted by molar-refractivity contribution is 5.46. The van der Waals surface area contributed by atoms with Gasteiger partial charge < -0.3 is 10.1 Å². The minimum atomic E-state index is 0.805. The molecule has 100 valence electrons. The number of hydrogen-bond acceptors (Lipinski definition) is 3. The van der Waals surface area contributed by atoms with Gasteiger partial charge in [-0.05, 0) is 56.5 Å². The lowest BCUT2D eigenvalue weighted by molar-refractivity contribution is 0.477. The summed E-state index contributed by atoms with van der Waals surface area (Å²) in [7, 11) is 0. The average Bonchev–Trinajstić information content (AvgIpc) is 2.36. The average molecular weight is 256 g/mol. The number of benzene rings is 1. The number of aryl methyl sites for hydroxylation is 2. The molecule has 2 aromatic rings. The Kier molecular flexibility index (Phi) is 4.05. The number of nitrogens with zero attached hydrogens (tertiary/aromatic N) is 1. The fourth-order valence-corrected chi connectivity index (χ4v) is 1.99. The highest BCUT2D eigenvalue weighted by atomic mass is 16.5. The van der Waals surface area contributed by atoms with Crippen LogP contribution in [0.1, 0.15) is 23.6 Å². The van der Waals surface area contributed by atoms with Crippen LogP contribution in [0.15, 0.2) is 30.5 Å². The van der Waals surface area contributed by atoms with Crippen molar-refractivity contribution in [3.05, 3.63) is 47.2 Å². The Morgan fingerprint density at radius 2 is 1.95 bits per heavy atom. The van der Waals surface area contributed by atoms with E-state index in [1.807, 2.05) is 19.1 Å². The Morgan fingerprint density at radius 3 is 2.68 bits per heavy atom. The Balaban J connectivity index is 2.28. The fraction of sp³-hybridized carbons (Fsp3) is 0.312. The van der Waals surface area contributed by atoms with Gasteiger partial charge in [0.1, 0.15) is 17.3 Å². The summed E-state index contributed by atoms with van der Waals surface area (Å²) >= 11 is 0. The zero-order valence-corrected chi connectivity index (χ0v) is 11.9. The van der Waals surface area contributed by atoms with Crippen LogP contribution in [0, 0.1) is 20.8 Å². The second-order valence-corrected chi connectivity index (χ2v) is 4.71. The molecule has 3 nitrogen and oxygen atoms in total. The predicted octanol–water partition coefficient (Wildman–Crippen LogP) is 4.23. The van der Waals surface area contributed by atoms with Crippen LogP contribution >= 0.6 is 0 Å². The first-order valence-corrected chi connectivity index (χ1v) is 6.55. The Labute approximate surface area is 114 Å². The first-order chi connectivity index (χ1) is 9.10. The Hall–Kier alpha value is -2.03. The molecule has 0 bridgehead atoms. The molecule has 0 spiro atoms. The molecule has 1 aromatic heterocycles. The quantitative estimate of drug-likeness (QED) is 0.888. The minimum Gasteiger partial charge on any atom is -0.457 e. The third-order valence-corrected chi connectivity index (χ3v) is 3.08. The summed E-state index contributed by atoms with van der Waals surface area (Å²) in [6, 6.07) is 8.02. The molecule has 2 rings (SSSR count). The van der Waals surface area contributed by atoms with Gasteiger partial charge in [-0.15, -0.1) is 0 Å². The molecule has 0 amide bonds. The topological polar surface area (TPSA) is 34.1 Å². The lowest BCUT2D eigenvalue weighted by atomic mass is 10.1. The van der Waals surface area contributed by atoms with E-state index in [0.29, 0.717) is 0 Å². The summed E-state index contributed by atoms with van der Waals surface area (Å²) in [5.41, 5.74) is 3.63. The molecule has 1 N–H and O–H groups in total. The third-order valence-electron chi connectivity index (χ3n) is 3.08. The molecule has 0 aliphatic carbocycles. The minimum absolute atomic E-state index is 0.805. The van der Waals surface area contributed by atoms with Gasteiger partial charge in [-0.2, -0.15) is 0 Å². The van der Waals surface area contributed by atoms with Crippen molar-refractivity contribution in [2.24, 2.45) is 0 Å². The molecular weight excluding hydrogens is 236 g/mol. The summed E-state index contributed by atoms with van der Waals surface area (Å²) in [5, 5.41) is 3.18. The van der Waals surface area contributed by atoms with Crippen LogP contribution in [0.4, 0.5) is 5.82 Å². The second-order valence-electron chi connectivity index (χ2n) is 4.71. The van der Waals surface area contributed by atoms with Crippen LogP contribution in [0.25, 0.3) is 0 Å². The lowest BCUT2D eigenvalue weighted by Crippen LogP contribution is -1.99. The number of nitrogens with one attached hydrogen (secondary N) is 1. The van der Waals surface area contributed by atoms with Gasteiger partial charge in [0, 0.05) is 18.8 Å². The zero-order valence-electron chi connectivity index (χ0n) is 11.9. The second kappa shape index (κ2) is 5.74. The molecule has 0 unspecified atom stereocenters. The van der Waals surface area contributed by atoms with Crippen molar-refractivity contribution in [1.29, 1.82) is 0 Å². The van der Waals surface area contributed by atoms with Crippen LogP contribution in [0.3, 0.4) is 0 Å². The normalized spacial score (nSPS) is 10.3. The van der Waals surface area contributed by atoms with Crippen LogP contribution in [0.5, 0.6) is 11.5 Å². The standard InChI is InChI=1S/C16H20N2O/c1-5-17-16-10-14(6-7-18-16)19-15-9-11(2)8-12(3)13(15)4/h6-10H,5H2,1-4H3,(H,17,18). The lowest BCUT2D eigenvalue weighted by Gasteiger charge is -2.12. The Morgan fingerprint density at radius 1 is 1.16 bits per heavy atom. The SMILES string of the molecule is CCNc1cc(Oc2cc(C)cc(C)c2C)ccn1. The van der Waals surface area contributed by atoms with Crippen molar-refractivity contribution in [3.8, 4) is 11.5 Å². The fourth-order valence-electron chi connectivity index (χ4n) is 1.99. The maximum absolute atomic E-state index is 5.98. The summed E-state index contributed by atoms with van der Waals surface area (Å²) in [6.07, 6.45) is 1.76. The molecule has 1 heterocycles. The Bertz CT molecular complexity index is 579. The van der Waals surface area contributed by atoms with Crippen molar-refractivity contribution >= 4 is 5.82 Å².